The Hall–Kier alpha value is -2.06. The average molecular weight is 388 g/mol. The Labute approximate surface area is 155 Å². The summed E-state index contributed by atoms with van der Waals surface area (Å²) >= 11 is 6.01. The minimum absolute atomic E-state index is 0.137. The number of hydrogen-bond acceptors (Lipinski definition) is 5. The van der Waals surface area contributed by atoms with Gasteiger partial charge in [-0.1, -0.05) is 11.6 Å². The van der Waals surface area contributed by atoms with Gasteiger partial charge in [0.25, 0.3) is 0 Å². The average Bonchev–Trinajstić information content (AvgIpc) is 2.52. The Morgan fingerprint density at radius 1 is 1.15 bits per heavy atom. The minimum Gasteiger partial charge on any atom is -0.354 e. The molecule has 0 aliphatic rings. The summed E-state index contributed by atoms with van der Waals surface area (Å²) < 4.78 is 38.7. The number of halogens is 4. The van der Waals surface area contributed by atoms with E-state index in [1.807, 2.05) is 14.1 Å². The number of nitrogens with one attached hydrogen (secondary N) is 2. The van der Waals surface area contributed by atoms with Crippen molar-refractivity contribution in [2.75, 3.05) is 37.8 Å². The van der Waals surface area contributed by atoms with E-state index in [0.717, 1.165) is 25.1 Å². The standard InChI is InChI=1S/C17H21ClF3N5/c1-11-9-15(25-16(23-11)22-7-4-8-26(2)3)24-14-10-12(17(19,20)21)5-6-13(14)18/h5-6,9-10H,4,7-8H2,1-3H3,(H2,22,23,24,25). The smallest absolute Gasteiger partial charge is 0.354 e. The number of alkyl halides is 3. The molecular formula is C17H21ClF3N5. The maximum absolute atomic E-state index is 12.9. The Kier molecular flexibility index (Phi) is 6.66. The highest BCUT2D eigenvalue weighted by Crippen LogP contribution is 2.34. The highest BCUT2D eigenvalue weighted by molar-refractivity contribution is 6.33. The van der Waals surface area contributed by atoms with Gasteiger partial charge in [0.15, 0.2) is 0 Å². The SMILES string of the molecule is Cc1cc(Nc2cc(C(F)(F)F)ccc2Cl)nc(NCCCN(C)C)n1. The lowest BCUT2D eigenvalue weighted by molar-refractivity contribution is -0.137. The molecule has 0 aliphatic carbocycles. The first-order valence-corrected chi connectivity index (χ1v) is 8.41. The van der Waals surface area contributed by atoms with Gasteiger partial charge in [0.1, 0.15) is 5.82 Å². The van der Waals surface area contributed by atoms with Gasteiger partial charge in [-0.15, -0.1) is 0 Å². The molecule has 26 heavy (non-hydrogen) atoms. The molecule has 0 aliphatic heterocycles. The third-order valence-corrected chi connectivity index (χ3v) is 3.81. The van der Waals surface area contributed by atoms with E-state index in [1.54, 1.807) is 13.0 Å². The lowest BCUT2D eigenvalue weighted by Crippen LogP contribution is -2.17. The Balaban J connectivity index is 2.14. The van der Waals surface area contributed by atoms with E-state index in [4.69, 9.17) is 11.6 Å². The van der Waals surface area contributed by atoms with Crippen LogP contribution in [0.5, 0.6) is 0 Å². The summed E-state index contributed by atoms with van der Waals surface area (Å²) in [5, 5.41) is 6.13. The summed E-state index contributed by atoms with van der Waals surface area (Å²) in [4.78, 5) is 10.6. The van der Waals surface area contributed by atoms with Crippen molar-refractivity contribution in [1.82, 2.24) is 14.9 Å². The summed E-state index contributed by atoms with van der Waals surface area (Å²) in [5.41, 5.74) is 0.0380. The molecule has 0 bridgehead atoms. The minimum atomic E-state index is -4.44. The fourth-order valence-electron chi connectivity index (χ4n) is 2.24. The van der Waals surface area contributed by atoms with Crippen LogP contribution in [0.3, 0.4) is 0 Å². The Morgan fingerprint density at radius 2 is 1.88 bits per heavy atom. The number of aromatic nitrogens is 2. The van der Waals surface area contributed by atoms with Gasteiger partial charge in [-0.2, -0.15) is 18.2 Å². The predicted octanol–water partition coefficient (Wildman–Crippen LogP) is 4.56. The largest absolute Gasteiger partial charge is 0.416 e. The van der Waals surface area contributed by atoms with E-state index in [1.165, 1.54) is 6.07 Å². The molecule has 0 saturated heterocycles. The van der Waals surface area contributed by atoms with Crippen LogP contribution in [0, 0.1) is 6.92 Å². The summed E-state index contributed by atoms with van der Waals surface area (Å²) in [6.07, 6.45) is -3.53. The molecule has 1 heterocycles. The molecule has 5 nitrogen and oxygen atoms in total. The third-order valence-electron chi connectivity index (χ3n) is 3.48. The fraction of sp³-hybridized carbons (Fsp3) is 0.412. The van der Waals surface area contributed by atoms with Crippen LogP contribution in [0.2, 0.25) is 5.02 Å². The summed E-state index contributed by atoms with van der Waals surface area (Å²) in [6, 6.07) is 4.75. The Morgan fingerprint density at radius 3 is 2.54 bits per heavy atom. The molecule has 0 saturated carbocycles. The van der Waals surface area contributed by atoms with Crippen molar-refractivity contribution in [3.63, 3.8) is 0 Å². The number of anilines is 3. The quantitative estimate of drug-likeness (QED) is 0.682. The number of hydrogen-bond donors (Lipinski definition) is 2. The zero-order chi connectivity index (χ0) is 19.3. The molecule has 9 heteroatoms. The molecule has 2 N–H and O–H groups in total. The maximum Gasteiger partial charge on any atom is 0.416 e. The third kappa shape index (κ3) is 6.03. The van der Waals surface area contributed by atoms with Gasteiger partial charge in [0.2, 0.25) is 5.95 Å². The van der Waals surface area contributed by atoms with Gasteiger partial charge in [-0.25, -0.2) is 4.98 Å². The topological polar surface area (TPSA) is 53.1 Å². The summed E-state index contributed by atoms with van der Waals surface area (Å²) in [7, 11) is 3.98. The van der Waals surface area contributed by atoms with E-state index >= 15 is 0 Å². The van der Waals surface area contributed by atoms with Gasteiger partial charge in [-0.3, -0.25) is 0 Å². The molecule has 2 aromatic rings. The highest BCUT2D eigenvalue weighted by atomic mass is 35.5. The summed E-state index contributed by atoms with van der Waals surface area (Å²) in [5.74, 6) is 0.781. The Bertz CT molecular complexity index is 750. The van der Waals surface area contributed by atoms with Crippen LogP contribution >= 0.6 is 11.6 Å². The predicted molar refractivity (Wildman–Crippen MR) is 98.2 cm³/mol. The number of aryl methyl sites for hydroxylation is 1. The van der Waals surface area contributed by atoms with E-state index < -0.39 is 11.7 Å². The second-order valence-corrected chi connectivity index (χ2v) is 6.53. The van der Waals surface area contributed by atoms with Crippen LogP contribution in [0.25, 0.3) is 0 Å². The van der Waals surface area contributed by atoms with Crippen LogP contribution in [-0.4, -0.2) is 42.1 Å². The van der Waals surface area contributed by atoms with Gasteiger partial charge < -0.3 is 15.5 Å². The van der Waals surface area contributed by atoms with Crippen molar-refractivity contribution in [3.8, 4) is 0 Å². The first-order chi connectivity index (χ1) is 12.1. The number of benzene rings is 1. The maximum atomic E-state index is 12.9. The molecule has 1 aromatic carbocycles. The van der Waals surface area contributed by atoms with Gasteiger partial charge in [0.05, 0.1) is 16.3 Å². The van der Waals surface area contributed by atoms with E-state index in [-0.39, 0.29) is 10.7 Å². The molecule has 0 amide bonds. The normalized spacial score (nSPS) is 11.7. The first kappa shape index (κ1) is 20.3. The van der Waals surface area contributed by atoms with Crippen LogP contribution in [-0.2, 0) is 6.18 Å². The van der Waals surface area contributed by atoms with E-state index in [2.05, 4.69) is 25.5 Å². The molecule has 0 atom stereocenters. The first-order valence-electron chi connectivity index (χ1n) is 8.03. The second-order valence-electron chi connectivity index (χ2n) is 6.12. The number of rotatable bonds is 7. The lowest BCUT2D eigenvalue weighted by Gasteiger charge is -2.14. The monoisotopic (exact) mass is 387 g/mol. The van der Waals surface area contributed by atoms with Crippen molar-refractivity contribution < 1.29 is 13.2 Å². The lowest BCUT2D eigenvalue weighted by atomic mass is 10.2. The van der Waals surface area contributed by atoms with Crippen molar-refractivity contribution in [2.45, 2.75) is 19.5 Å². The molecule has 2 rings (SSSR count). The van der Waals surface area contributed by atoms with Crippen LogP contribution in [0.15, 0.2) is 24.3 Å². The zero-order valence-electron chi connectivity index (χ0n) is 14.8. The molecule has 1 aromatic heterocycles. The van der Waals surface area contributed by atoms with Crippen molar-refractivity contribution in [1.29, 1.82) is 0 Å². The second kappa shape index (κ2) is 8.55. The van der Waals surface area contributed by atoms with E-state index in [9.17, 15) is 13.2 Å². The molecule has 142 valence electrons. The van der Waals surface area contributed by atoms with Crippen LogP contribution in [0.1, 0.15) is 17.7 Å². The molecule has 0 radical (unpaired) electrons. The van der Waals surface area contributed by atoms with E-state index in [0.29, 0.717) is 24.0 Å². The molecular weight excluding hydrogens is 367 g/mol. The zero-order valence-corrected chi connectivity index (χ0v) is 15.5. The van der Waals surface area contributed by atoms with Gasteiger partial charge >= 0.3 is 6.18 Å². The van der Waals surface area contributed by atoms with Gasteiger partial charge in [0, 0.05) is 18.3 Å². The summed E-state index contributed by atoms with van der Waals surface area (Å²) in [6.45, 7) is 3.39. The molecule has 0 spiro atoms. The molecule has 0 unspecified atom stereocenters. The van der Waals surface area contributed by atoms with Crippen LogP contribution in [0.4, 0.5) is 30.6 Å². The van der Waals surface area contributed by atoms with Crippen molar-refractivity contribution in [3.05, 3.63) is 40.5 Å². The van der Waals surface area contributed by atoms with Crippen molar-refractivity contribution in [2.24, 2.45) is 0 Å². The fourth-order valence-corrected chi connectivity index (χ4v) is 2.41. The van der Waals surface area contributed by atoms with Crippen molar-refractivity contribution >= 4 is 29.1 Å². The highest BCUT2D eigenvalue weighted by Gasteiger charge is 2.31. The molecule has 0 fully saturated rings. The van der Waals surface area contributed by atoms with Gasteiger partial charge in [-0.05, 0) is 52.2 Å². The van der Waals surface area contributed by atoms with Crippen LogP contribution < -0.4 is 10.6 Å². The number of nitrogens with zero attached hydrogens (tertiary/aromatic N) is 3.